The van der Waals surface area contributed by atoms with Gasteiger partial charge >= 0.3 is 0 Å². The SMILES string of the molecule is CNC(=O)[C@@H]1C[C@H]2CN(Cc3ccc(OC)cc3)C[C@H]2N1C(C)C. The Morgan fingerprint density at radius 2 is 2.00 bits per heavy atom. The molecule has 1 aromatic carbocycles. The van der Waals surface area contributed by atoms with Crippen molar-refractivity contribution in [1.29, 1.82) is 0 Å². The van der Waals surface area contributed by atoms with E-state index in [0.717, 1.165) is 31.8 Å². The highest BCUT2D eigenvalue weighted by Crippen LogP contribution is 2.37. The van der Waals surface area contributed by atoms with E-state index in [0.29, 0.717) is 18.0 Å². The van der Waals surface area contributed by atoms with Crippen molar-refractivity contribution in [3.63, 3.8) is 0 Å². The largest absolute Gasteiger partial charge is 0.497 e. The second kappa shape index (κ2) is 7.11. The van der Waals surface area contributed by atoms with Gasteiger partial charge in [0.15, 0.2) is 0 Å². The van der Waals surface area contributed by atoms with Crippen LogP contribution in [0.3, 0.4) is 0 Å². The van der Waals surface area contributed by atoms with Gasteiger partial charge in [0.1, 0.15) is 5.75 Å². The Labute approximate surface area is 145 Å². The van der Waals surface area contributed by atoms with E-state index in [1.807, 2.05) is 12.1 Å². The molecule has 0 saturated carbocycles. The number of likely N-dealkylation sites (N-methyl/N-ethyl adjacent to an activating group) is 1. The molecular formula is C19H29N3O2. The van der Waals surface area contributed by atoms with E-state index in [9.17, 15) is 4.79 Å². The molecule has 2 saturated heterocycles. The van der Waals surface area contributed by atoms with E-state index in [1.165, 1.54) is 5.56 Å². The molecular weight excluding hydrogens is 302 g/mol. The summed E-state index contributed by atoms with van der Waals surface area (Å²) in [5.74, 6) is 1.66. The van der Waals surface area contributed by atoms with E-state index in [-0.39, 0.29) is 11.9 Å². The Bertz CT molecular complexity index is 572. The van der Waals surface area contributed by atoms with Gasteiger partial charge < -0.3 is 10.1 Å². The van der Waals surface area contributed by atoms with Crippen LogP contribution in [0.5, 0.6) is 5.75 Å². The van der Waals surface area contributed by atoms with Crippen LogP contribution in [0.1, 0.15) is 25.8 Å². The van der Waals surface area contributed by atoms with Crippen LogP contribution in [-0.2, 0) is 11.3 Å². The van der Waals surface area contributed by atoms with E-state index < -0.39 is 0 Å². The molecule has 1 amide bonds. The molecule has 0 unspecified atom stereocenters. The third-order valence-corrected chi connectivity index (χ3v) is 5.46. The van der Waals surface area contributed by atoms with Gasteiger partial charge in [0.05, 0.1) is 13.2 Å². The lowest BCUT2D eigenvalue weighted by atomic mass is 10.0. The van der Waals surface area contributed by atoms with E-state index in [2.05, 4.69) is 41.1 Å². The summed E-state index contributed by atoms with van der Waals surface area (Å²) in [5, 5.41) is 2.84. The number of benzene rings is 1. The zero-order valence-corrected chi connectivity index (χ0v) is 15.2. The topological polar surface area (TPSA) is 44.8 Å². The number of nitrogens with zero attached hydrogens (tertiary/aromatic N) is 2. The zero-order chi connectivity index (χ0) is 17.3. The summed E-state index contributed by atoms with van der Waals surface area (Å²) in [4.78, 5) is 17.2. The fourth-order valence-electron chi connectivity index (χ4n) is 4.42. The van der Waals surface area contributed by atoms with Crippen LogP contribution in [-0.4, -0.2) is 61.1 Å². The zero-order valence-electron chi connectivity index (χ0n) is 15.2. The average molecular weight is 331 g/mol. The summed E-state index contributed by atoms with van der Waals surface area (Å²) in [5.41, 5.74) is 1.31. The minimum Gasteiger partial charge on any atom is -0.497 e. The van der Waals surface area contributed by atoms with Gasteiger partial charge in [-0.1, -0.05) is 12.1 Å². The monoisotopic (exact) mass is 331 g/mol. The molecule has 3 rings (SSSR count). The number of nitrogens with one attached hydrogen (secondary N) is 1. The fraction of sp³-hybridized carbons (Fsp3) is 0.632. The second-order valence-corrected chi connectivity index (χ2v) is 7.28. The number of methoxy groups -OCH3 is 1. The van der Waals surface area contributed by atoms with Gasteiger partial charge in [0.2, 0.25) is 5.91 Å². The first kappa shape index (κ1) is 17.2. The van der Waals surface area contributed by atoms with Gasteiger partial charge in [0.25, 0.3) is 0 Å². The highest BCUT2D eigenvalue weighted by atomic mass is 16.5. The van der Waals surface area contributed by atoms with Crippen LogP contribution in [0, 0.1) is 5.92 Å². The standard InChI is InChI=1S/C19H29N3O2/c1-13(2)22-17(19(23)20-3)9-15-11-21(12-18(15)22)10-14-5-7-16(24-4)8-6-14/h5-8,13,15,17-18H,9-12H2,1-4H3,(H,20,23)/t15-,17-,18+/m0/s1. The van der Waals surface area contributed by atoms with Gasteiger partial charge in [-0.3, -0.25) is 14.6 Å². The number of rotatable bonds is 5. The smallest absolute Gasteiger partial charge is 0.237 e. The van der Waals surface area contributed by atoms with Crippen LogP contribution in [0.2, 0.25) is 0 Å². The van der Waals surface area contributed by atoms with Crippen molar-refractivity contribution in [2.24, 2.45) is 5.92 Å². The summed E-state index contributed by atoms with van der Waals surface area (Å²) in [6, 6.07) is 9.24. The number of fused-ring (bicyclic) bond motifs is 1. The Hall–Kier alpha value is -1.59. The number of ether oxygens (including phenoxy) is 1. The maximum Gasteiger partial charge on any atom is 0.237 e. The van der Waals surface area contributed by atoms with Crippen LogP contribution in [0.15, 0.2) is 24.3 Å². The Morgan fingerprint density at radius 1 is 1.29 bits per heavy atom. The van der Waals surface area contributed by atoms with Crippen molar-refractivity contribution in [2.75, 3.05) is 27.2 Å². The first-order valence-corrected chi connectivity index (χ1v) is 8.87. The van der Waals surface area contributed by atoms with E-state index >= 15 is 0 Å². The van der Waals surface area contributed by atoms with Gasteiger partial charge in [-0.15, -0.1) is 0 Å². The molecule has 132 valence electrons. The summed E-state index contributed by atoms with van der Waals surface area (Å²) in [7, 11) is 3.44. The van der Waals surface area contributed by atoms with Crippen LogP contribution < -0.4 is 10.1 Å². The summed E-state index contributed by atoms with van der Waals surface area (Å²) >= 11 is 0. The predicted octanol–water partition coefficient (Wildman–Crippen LogP) is 1.72. The number of hydrogen-bond acceptors (Lipinski definition) is 4. The first-order chi connectivity index (χ1) is 11.5. The number of hydrogen-bond donors (Lipinski definition) is 1. The molecule has 2 fully saturated rings. The predicted molar refractivity (Wildman–Crippen MR) is 95.0 cm³/mol. The van der Waals surface area contributed by atoms with Crippen LogP contribution in [0.4, 0.5) is 0 Å². The third kappa shape index (κ3) is 3.28. The normalized spacial score (nSPS) is 27.5. The van der Waals surface area contributed by atoms with Crippen molar-refractivity contribution in [2.45, 2.75) is 44.9 Å². The van der Waals surface area contributed by atoms with Crippen LogP contribution >= 0.6 is 0 Å². The maximum atomic E-state index is 12.2. The van der Waals surface area contributed by atoms with Crippen molar-refractivity contribution in [3.05, 3.63) is 29.8 Å². The van der Waals surface area contributed by atoms with Crippen molar-refractivity contribution >= 4 is 5.91 Å². The quantitative estimate of drug-likeness (QED) is 0.892. The highest BCUT2D eigenvalue weighted by molar-refractivity contribution is 5.82. The number of carbonyl (C=O) groups excluding carboxylic acids is 1. The van der Waals surface area contributed by atoms with Gasteiger partial charge in [-0.05, 0) is 43.9 Å². The molecule has 2 aliphatic heterocycles. The van der Waals surface area contributed by atoms with Crippen LogP contribution in [0.25, 0.3) is 0 Å². The molecule has 0 bridgehead atoms. The fourth-order valence-corrected chi connectivity index (χ4v) is 4.42. The maximum absolute atomic E-state index is 12.2. The first-order valence-electron chi connectivity index (χ1n) is 8.87. The number of likely N-dealkylation sites (tertiary alicyclic amines) is 2. The minimum absolute atomic E-state index is 0.0353. The minimum atomic E-state index is 0.0353. The molecule has 5 heteroatoms. The van der Waals surface area contributed by atoms with Gasteiger partial charge in [-0.2, -0.15) is 0 Å². The number of amides is 1. The molecule has 5 nitrogen and oxygen atoms in total. The van der Waals surface area contributed by atoms with Crippen molar-refractivity contribution < 1.29 is 9.53 Å². The molecule has 0 aromatic heterocycles. The summed E-state index contributed by atoms with van der Waals surface area (Å²) < 4.78 is 5.23. The molecule has 2 aliphatic rings. The molecule has 1 N–H and O–H groups in total. The molecule has 1 aromatic rings. The van der Waals surface area contributed by atoms with Crippen molar-refractivity contribution in [1.82, 2.24) is 15.1 Å². The molecule has 3 atom stereocenters. The Morgan fingerprint density at radius 3 is 2.58 bits per heavy atom. The lowest BCUT2D eigenvalue weighted by Crippen LogP contribution is -2.50. The van der Waals surface area contributed by atoms with Crippen molar-refractivity contribution in [3.8, 4) is 5.75 Å². The van der Waals surface area contributed by atoms with Gasteiger partial charge in [-0.25, -0.2) is 0 Å². The Kier molecular flexibility index (Phi) is 5.11. The van der Waals surface area contributed by atoms with E-state index in [4.69, 9.17) is 4.74 Å². The summed E-state index contributed by atoms with van der Waals surface area (Å²) in [6.07, 6.45) is 0.974. The van der Waals surface area contributed by atoms with E-state index in [1.54, 1.807) is 14.2 Å². The third-order valence-electron chi connectivity index (χ3n) is 5.46. The lowest BCUT2D eigenvalue weighted by molar-refractivity contribution is -0.126. The number of carbonyl (C=O) groups is 1. The van der Waals surface area contributed by atoms with Gasteiger partial charge in [0, 0.05) is 38.8 Å². The molecule has 0 spiro atoms. The lowest BCUT2D eigenvalue weighted by Gasteiger charge is -2.33. The average Bonchev–Trinajstić information content (AvgIpc) is 3.11. The molecule has 0 radical (unpaired) electrons. The molecule has 0 aliphatic carbocycles. The Balaban J connectivity index is 1.65. The highest BCUT2D eigenvalue weighted by Gasteiger charge is 2.49. The molecule has 2 heterocycles. The molecule has 24 heavy (non-hydrogen) atoms. The second-order valence-electron chi connectivity index (χ2n) is 7.28. The summed E-state index contributed by atoms with van der Waals surface area (Å²) in [6.45, 7) is 7.48.